The van der Waals surface area contributed by atoms with Crippen molar-refractivity contribution < 1.29 is 18.3 Å². The average molecular weight is 660 g/mol. The van der Waals surface area contributed by atoms with Gasteiger partial charge in [-0.25, -0.2) is 9.37 Å². The first-order valence-corrected chi connectivity index (χ1v) is 15.3. The molecule has 3 heterocycles. The summed E-state index contributed by atoms with van der Waals surface area (Å²) in [6.45, 7) is 3.73. The molecule has 0 bridgehead atoms. The highest BCUT2D eigenvalue weighted by Crippen LogP contribution is 2.29. The summed E-state index contributed by atoms with van der Waals surface area (Å²) in [7, 11) is 0. The molecule has 4 aromatic carbocycles. The summed E-state index contributed by atoms with van der Waals surface area (Å²) in [5.74, 6) is 0.418. The molecule has 238 valence electrons. The third-order valence-corrected chi connectivity index (χ3v) is 8.06. The monoisotopic (exact) mass is 659 g/mol. The summed E-state index contributed by atoms with van der Waals surface area (Å²) >= 11 is 6.19. The van der Waals surface area contributed by atoms with Gasteiger partial charge < -0.3 is 19.0 Å². The first-order valence-electron chi connectivity index (χ1n) is 15.0. The van der Waals surface area contributed by atoms with E-state index >= 15 is 0 Å². The number of carbonyl (C=O) groups excluding carboxylic acids is 1. The van der Waals surface area contributed by atoms with Crippen LogP contribution in [0.1, 0.15) is 17.0 Å². The molecule has 9 nitrogen and oxygen atoms in total. The third-order valence-electron chi connectivity index (χ3n) is 7.83. The van der Waals surface area contributed by atoms with Crippen LogP contribution in [0.4, 0.5) is 10.1 Å². The fourth-order valence-electron chi connectivity index (χ4n) is 5.52. The number of furan rings is 1. The van der Waals surface area contributed by atoms with Crippen molar-refractivity contribution in [3.05, 3.63) is 141 Å². The summed E-state index contributed by atoms with van der Waals surface area (Å²) in [5, 5.41) is 9.08. The number of aromatic nitrogens is 3. The number of nitrogens with zero attached hydrogens (tertiary/aromatic N) is 4. The zero-order valence-corrected chi connectivity index (χ0v) is 26.5. The van der Waals surface area contributed by atoms with E-state index in [9.17, 15) is 14.0 Å². The number of carbonyl (C=O) groups is 1. The lowest BCUT2D eigenvalue weighted by molar-refractivity contribution is -0.118. The maximum Gasteiger partial charge on any atom is 0.282 e. The standard InChI is InChI=1S/C37H27ClFN5O4/c1-22-17-25(23(2)43(22)29-12-14-30(15-13-29)47-21-35(45)41-28-10-8-27(39)9-11-28)20-40-44-36(42-32-6-4-3-5-31(32)37(44)46)34-19-24-18-26(38)7-16-33(24)48-34/h3-20H,21H2,1-2H3,(H,41,45). The quantitative estimate of drug-likeness (QED) is 0.167. The number of hydrogen-bond donors (Lipinski definition) is 1. The maximum absolute atomic E-state index is 13.7. The number of anilines is 1. The smallest absolute Gasteiger partial charge is 0.282 e. The normalized spacial score (nSPS) is 11.5. The molecule has 7 rings (SSSR count). The lowest BCUT2D eigenvalue weighted by Gasteiger charge is -2.12. The van der Waals surface area contributed by atoms with E-state index in [0.29, 0.717) is 38.7 Å². The second-order valence-electron chi connectivity index (χ2n) is 11.1. The van der Waals surface area contributed by atoms with Crippen LogP contribution in [0.2, 0.25) is 5.02 Å². The molecule has 0 aliphatic carbocycles. The number of nitrogens with one attached hydrogen (secondary N) is 1. The van der Waals surface area contributed by atoms with Crippen LogP contribution in [0.25, 0.3) is 39.1 Å². The summed E-state index contributed by atoms with van der Waals surface area (Å²) in [6.07, 6.45) is 1.64. The number of amides is 1. The van der Waals surface area contributed by atoms with Crippen molar-refractivity contribution in [1.82, 2.24) is 14.2 Å². The number of benzene rings is 4. The third kappa shape index (κ3) is 6.08. The second kappa shape index (κ2) is 12.7. The Bertz CT molecular complexity index is 2410. The van der Waals surface area contributed by atoms with Gasteiger partial charge in [-0.2, -0.15) is 9.78 Å². The van der Waals surface area contributed by atoms with E-state index in [4.69, 9.17) is 25.7 Å². The minimum Gasteiger partial charge on any atom is -0.484 e. The molecule has 0 spiro atoms. The molecule has 0 saturated carbocycles. The molecule has 0 atom stereocenters. The summed E-state index contributed by atoms with van der Waals surface area (Å²) < 4.78 is 28.2. The van der Waals surface area contributed by atoms with E-state index in [0.717, 1.165) is 28.0 Å². The van der Waals surface area contributed by atoms with Crippen molar-refractivity contribution in [1.29, 1.82) is 0 Å². The highest BCUT2D eigenvalue weighted by atomic mass is 35.5. The van der Waals surface area contributed by atoms with Crippen LogP contribution < -0.4 is 15.6 Å². The Hall–Kier alpha value is -6.00. The molecule has 0 radical (unpaired) electrons. The van der Waals surface area contributed by atoms with Gasteiger partial charge in [0.1, 0.15) is 17.1 Å². The first-order chi connectivity index (χ1) is 23.2. The topological polar surface area (TPSA) is 104 Å². The average Bonchev–Trinajstić information content (AvgIpc) is 3.63. The largest absolute Gasteiger partial charge is 0.484 e. The minimum atomic E-state index is -0.380. The van der Waals surface area contributed by atoms with Gasteiger partial charge in [-0.1, -0.05) is 23.7 Å². The Morgan fingerprint density at radius 1 is 1.00 bits per heavy atom. The molecule has 0 aliphatic heterocycles. The highest BCUT2D eigenvalue weighted by Gasteiger charge is 2.17. The van der Waals surface area contributed by atoms with Crippen molar-refractivity contribution in [3.8, 4) is 23.0 Å². The predicted molar refractivity (Wildman–Crippen MR) is 185 cm³/mol. The molecular formula is C37H27ClFN5O4. The lowest BCUT2D eigenvalue weighted by atomic mass is 10.2. The molecule has 48 heavy (non-hydrogen) atoms. The molecule has 11 heteroatoms. The van der Waals surface area contributed by atoms with Crippen molar-refractivity contribution in [3.63, 3.8) is 0 Å². The van der Waals surface area contributed by atoms with Gasteiger partial charge in [-0.05, 0) is 105 Å². The second-order valence-corrected chi connectivity index (χ2v) is 11.5. The fraction of sp³-hybridized carbons (Fsp3) is 0.0811. The Labute approximate surface area is 278 Å². The van der Waals surface area contributed by atoms with Crippen molar-refractivity contribution in [2.75, 3.05) is 11.9 Å². The van der Waals surface area contributed by atoms with Gasteiger partial charge in [-0.3, -0.25) is 9.59 Å². The Morgan fingerprint density at radius 2 is 1.77 bits per heavy atom. The molecule has 7 aromatic rings. The molecule has 3 aromatic heterocycles. The van der Waals surface area contributed by atoms with Crippen LogP contribution >= 0.6 is 11.6 Å². The zero-order valence-electron chi connectivity index (χ0n) is 25.8. The van der Waals surface area contributed by atoms with Gasteiger partial charge in [0.2, 0.25) is 5.82 Å². The number of halogens is 2. The van der Waals surface area contributed by atoms with Crippen LogP contribution in [0.5, 0.6) is 5.75 Å². The van der Waals surface area contributed by atoms with Crippen molar-refractivity contribution in [2.24, 2.45) is 5.10 Å². The predicted octanol–water partition coefficient (Wildman–Crippen LogP) is 7.91. The molecule has 0 fully saturated rings. The number of rotatable bonds is 8. The van der Waals surface area contributed by atoms with Crippen LogP contribution in [0, 0.1) is 19.7 Å². The van der Waals surface area contributed by atoms with Crippen molar-refractivity contribution >= 4 is 51.3 Å². The van der Waals surface area contributed by atoms with E-state index in [-0.39, 0.29) is 29.7 Å². The van der Waals surface area contributed by atoms with E-state index in [1.54, 1.807) is 60.8 Å². The van der Waals surface area contributed by atoms with E-state index in [1.165, 1.54) is 28.9 Å². The number of ether oxygens (including phenoxy) is 1. The van der Waals surface area contributed by atoms with Gasteiger partial charge in [-0.15, -0.1) is 0 Å². The zero-order chi connectivity index (χ0) is 33.4. The Balaban J connectivity index is 1.15. The van der Waals surface area contributed by atoms with Gasteiger partial charge in [0.05, 0.1) is 17.1 Å². The molecule has 0 unspecified atom stereocenters. The van der Waals surface area contributed by atoms with Crippen LogP contribution in [-0.4, -0.2) is 33.0 Å². The molecule has 0 saturated heterocycles. The van der Waals surface area contributed by atoms with Gasteiger partial charge in [0.15, 0.2) is 12.4 Å². The molecule has 0 aliphatic rings. The SMILES string of the molecule is Cc1cc(C=Nn2c(-c3cc4cc(Cl)ccc4o3)nc3ccccc3c2=O)c(C)n1-c1ccc(OCC(=O)Nc2ccc(F)cc2)cc1. The molecule has 1 amide bonds. The summed E-state index contributed by atoms with van der Waals surface area (Å²) in [6, 6.07) is 29.0. The lowest BCUT2D eigenvalue weighted by Crippen LogP contribution is -2.20. The van der Waals surface area contributed by atoms with Crippen molar-refractivity contribution in [2.45, 2.75) is 13.8 Å². The Kier molecular flexibility index (Phi) is 8.08. The maximum atomic E-state index is 13.7. The van der Waals surface area contributed by atoms with Gasteiger partial charge in [0, 0.05) is 38.7 Å². The highest BCUT2D eigenvalue weighted by molar-refractivity contribution is 6.31. The number of aryl methyl sites for hydroxylation is 1. The van der Waals surface area contributed by atoms with E-state index in [1.807, 2.05) is 38.1 Å². The Morgan fingerprint density at radius 3 is 2.56 bits per heavy atom. The first kappa shape index (κ1) is 30.6. The minimum absolute atomic E-state index is 0.203. The molecule has 1 N–H and O–H groups in total. The van der Waals surface area contributed by atoms with Crippen LogP contribution in [0.15, 0.2) is 117 Å². The summed E-state index contributed by atoms with van der Waals surface area (Å²) in [5.41, 5.74) is 4.80. The van der Waals surface area contributed by atoms with E-state index < -0.39 is 0 Å². The van der Waals surface area contributed by atoms with E-state index in [2.05, 4.69) is 15.0 Å². The number of hydrogen-bond acceptors (Lipinski definition) is 6. The van der Waals surface area contributed by atoms with Gasteiger partial charge in [0.25, 0.3) is 11.5 Å². The van der Waals surface area contributed by atoms with Crippen LogP contribution in [-0.2, 0) is 4.79 Å². The van der Waals surface area contributed by atoms with Gasteiger partial charge >= 0.3 is 0 Å². The fourth-order valence-corrected chi connectivity index (χ4v) is 5.70. The number of para-hydroxylation sites is 1. The summed E-state index contributed by atoms with van der Waals surface area (Å²) in [4.78, 5) is 30.7. The number of fused-ring (bicyclic) bond motifs is 2. The molecular weight excluding hydrogens is 633 g/mol. The van der Waals surface area contributed by atoms with Crippen LogP contribution in [0.3, 0.4) is 0 Å².